The molecular weight excluding hydrogens is 231 g/mol. The van der Waals surface area contributed by atoms with E-state index in [4.69, 9.17) is 0 Å². The normalized spacial score (nSPS) is 16.7. The lowest BCUT2D eigenvalue weighted by Gasteiger charge is -2.38. The van der Waals surface area contributed by atoms with Gasteiger partial charge in [-0.3, -0.25) is 0 Å². The molecule has 1 fully saturated rings. The van der Waals surface area contributed by atoms with E-state index in [1.54, 1.807) is 0 Å². The first kappa shape index (κ1) is 12.2. The summed E-state index contributed by atoms with van der Waals surface area (Å²) in [4.78, 5) is 5.91. The highest BCUT2D eigenvalue weighted by atomic mass is 19.4. The van der Waals surface area contributed by atoms with E-state index in [0.717, 1.165) is 31.9 Å². The van der Waals surface area contributed by atoms with Crippen LogP contribution in [0.3, 0.4) is 0 Å². The molecule has 0 atom stereocenters. The van der Waals surface area contributed by atoms with Crippen molar-refractivity contribution in [1.82, 2.24) is 10.3 Å². The number of anilines is 1. The van der Waals surface area contributed by atoms with E-state index in [0.29, 0.717) is 11.9 Å². The summed E-state index contributed by atoms with van der Waals surface area (Å²) in [5, 5.41) is 3.13. The smallest absolute Gasteiger partial charge is 0.351 e. The molecule has 0 amide bonds. The number of halogens is 3. The van der Waals surface area contributed by atoms with Gasteiger partial charge in [-0.1, -0.05) is 0 Å². The van der Waals surface area contributed by atoms with E-state index in [9.17, 15) is 13.2 Å². The molecule has 1 saturated heterocycles. The first-order valence-corrected chi connectivity index (χ1v) is 5.53. The average Bonchev–Trinajstić information content (AvgIpc) is 2.22. The molecule has 1 aromatic heterocycles. The molecule has 2 rings (SSSR count). The van der Waals surface area contributed by atoms with Gasteiger partial charge in [0.25, 0.3) is 0 Å². The van der Waals surface area contributed by atoms with Gasteiger partial charge < -0.3 is 10.2 Å². The summed E-state index contributed by atoms with van der Waals surface area (Å²) in [6, 6.07) is 2.85. The van der Waals surface area contributed by atoms with Crippen molar-refractivity contribution >= 4 is 5.82 Å². The van der Waals surface area contributed by atoms with Crippen LogP contribution in [0.2, 0.25) is 0 Å². The third kappa shape index (κ3) is 2.52. The Hall–Kier alpha value is -1.30. The first-order valence-electron chi connectivity index (χ1n) is 5.53. The largest absolute Gasteiger partial charge is 0.417 e. The number of nitrogens with one attached hydrogen (secondary N) is 1. The van der Waals surface area contributed by atoms with Crippen LogP contribution >= 0.6 is 0 Å². The topological polar surface area (TPSA) is 28.2 Å². The van der Waals surface area contributed by atoms with Gasteiger partial charge in [0.05, 0.1) is 11.6 Å². The van der Waals surface area contributed by atoms with Gasteiger partial charge in [0.1, 0.15) is 5.82 Å². The van der Waals surface area contributed by atoms with Crippen molar-refractivity contribution in [1.29, 1.82) is 0 Å². The van der Waals surface area contributed by atoms with Gasteiger partial charge in [-0.25, -0.2) is 4.98 Å². The minimum absolute atomic E-state index is 0.337. The maximum absolute atomic E-state index is 12.4. The fourth-order valence-corrected chi connectivity index (χ4v) is 1.82. The minimum Gasteiger partial charge on any atom is -0.351 e. The number of rotatable bonds is 3. The van der Waals surface area contributed by atoms with Crippen molar-refractivity contribution in [2.45, 2.75) is 19.1 Å². The van der Waals surface area contributed by atoms with Crippen molar-refractivity contribution in [3.63, 3.8) is 0 Å². The van der Waals surface area contributed by atoms with Crippen LogP contribution in [-0.4, -0.2) is 30.7 Å². The van der Waals surface area contributed by atoms with E-state index in [1.807, 2.05) is 11.8 Å². The van der Waals surface area contributed by atoms with Crippen LogP contribution in [0.15, 0.2) is 18.3 Å². The van der Waals surface area contributed by atoms with E-state index in [1.165, 1.54) is 6.07 Å². The van der Waals surface area contributed by atoms with E-state index >= 15 is 0 Å². The van der Waals surface area contributed by atoms with Gasteiger partial charge in [0.2, 0.25) is 0 Å². The van der Waals surface area contributed by atoms with Crippen LogP contribution in [0.1, 0.15) is 12.5 Å². The van der Waals surface area contributed by atoms with E-state index in [2.05, 4.69) is 10.3 Å². The Balaban J connectivity index is 2.16. The van der Waals surface area contributed by atoms with Crippen molar-refractivity contribution in [3.8, 4) is 0 Å². The second kappa shape index (κ2) is 4.52. The fraction of sp³-hybridized carbons (Fsp3) is 0.545. The number of likely N-dealkylation sites (N-methyl/N-ethyl adjacent to an activating group) is 1. The highest BCUT2D eigenvalue weighted by Crippen LogP contribution is 2.29. The molecule has 0 spiro atoms. The van der Waals surface area contributed by atoms with Crippen LogP contribution < -0.4 is 10.2 Å². The zero-order valence-electron chi connectivity index (χ0n) is 9.46. The number of alkyl halides is 3. The second-order valence-electron chi connectivity index (χ2n) is 4.00. The standard InChI is InChI=1S/C11H14F3N3/c1-2-17(9-6-15-7-9)10-4-3-8(5-16-10)11(12,13)14/h3-5,9,15H,2,6-7H2,1H3. The lowest BCUT2D eigenvalue weighted by molar-refractivity contribution is -0.137. The molecule has 0 aliphatic carbocycles. The van der Waals surface area contributed by atoms with Crippen LogP contribution in [0.4, 0.5) is 19.0 Å². The highest BCUT2D eigenvalue weighted by Gasteiger charge is 2.31. The van der Waals surface area contributed by atoms with Crippen LogP contribution in [0, 0.1) is 0 Å². The van der Waals surface area contributed by atoms with Crippen molar-refractivity contribution < 1.29 is 13.2 Å². The third-order valence-corrected chi connectivity index (χ3v) is 2.91. The molecule has 0 unspecified atom stereocenters. The molecule has 0 aromatic carbocycles. The maximum atomic E-state index is 12.4. The molecule has 17 heavy (non-hydrogen) atoms. The summed E-state index contributed by atoms with van der Waals surface area (Å²) in [7, 11) is 0. The Morgan fingerprint density at radius 3 is 2.47 bits per heavy atom. The van der Waals surface area contributed by atoms with Gasteiger partial charge in [-0.05, 0) is 19.1 Å². The molecule has 0 radical (unpaired) electrons. The molecule has 1 aliphatic rings. The molecule has 94 valence electrons. The zero-order valence-corrected chi connectivity index (χ0v) is 9.46. The number of nitrogens with zero attached hydrogens (tertiary/aromatic N) is 2. The van der Waals surface area contributed by atoms with Gasteiger partial charge in [-0.15, -0.1) is 0 Å². The monoisotopic (exact) mass is 245 g/mol. The molecular formula is C11H14F3N3. The average molecular weight is 245 g/mol. The number of hydrogen-bond donors (Lipinski definition) is 1. The highest BCUT2D eigenvalue weighted by molar-refractivity contribution is 5.42. The maximum Gasteiger partial charge on any atom is 0.417 e. The SMILES string of the molecule is CCN(c1ccc(C(F)(F)F)cn1)C1CNC1. The van der Waals surface area contributed by atoms with Crippen molar-refractivity contribution in [3.05, 3.63) is 23.9 Å². The van der Waals surface area contributed by atoms with Crippen molar-refractivity contribution in [2.75, 3.05) is 24.5 Å². The van der Waals surface area contributed by atoms with Gasteiger partial charge >= 0.3 is 6.18 Å². The summed E-state index contributed by atoms with van der Waals surface area (Å²) < 4.78 is 37.1. The van der Waals surface area contributed by atoms with Crippen LogP contribution in [-0.2, 0) is 6.18 Å². The molecule has 0 saturated carbocycles. The van der Waals surface area contributed by atoms with Gasteiger partial charge in [0.15, 0.2) is 0 Å². The lowest BCUT2D eigenvalue weighted by Crippen LogP contribution is -2.57. The Morgan fingerprint density at radius 2 is 2.12 bits per heavy atom. The first-order chi connectivity index (χ1) is 8.02. The van der Waals surface area contributed by atoms with Crippen molar-refractivity contribution in [2.24, 2.45) is 0 Å². The summed E-state index contributed by atoms with van der Waals surface area (Å²) in [6.45, 7) is 4.43. The lowest BCUT2D eigenvalue weighted by atomic mass is 10.1. The molecule has 2 heterocycles. The Labute approximate surface area is 97.6 Å². The Bertz CT molecular complexity index is 371. The molecule has 1 aromatic rings. The predicted molar refractivity (Wildman–Crippen MR) is 58.9 cm³/mol. The fourth-order valence-electron chi connectivity index (χ4n) is 1.82. The quantitative estimate of drug-likeness (QED) is 0.881. The Morgan fingerprint density at radius 1 is 1.41 bits per heavy atom. The summed E-state index contributed by atoms with van der Waals surface area (Å²) in [5.41, 5.74) is -0.705. The third-order valence-electron chi connectivity index (χ3n) is 2.91. The predicted octanol–water partition coefficient (Wildman–Crippen LogP) is 1.90. The number of pyridine rings is 1. The van der Waals surface area contributed by atoms with Gasteiger partial charge in [0, 0.05) is 25.8 Å². The second-order valence-corrected chi connectivity index (χ2v) is 4.00. The molecule has 1 aliphatic heterocycles. The zero-order chi connectivity index (χ0) is 12.5. The molecule has 0 bridgehead atoms. The molecule has 3 nitrogen and oxygen atoms in total. The number of hydrogen-bond acceptors (Lipinski definition) is 3. The Kier molecular flexibility index (Phi) is 3.24. The van der Waals surface area contributed by atoms with Crippen LogP contribution in [0.5, 0.6) is 0 Å². The van der Waals surface area contributed by atoms with Gasteiger partial charge in [-0.2, -0.15) is 13.2 Å². The number of aromatic nitrogens is 1. The van der Waals surface area contributed by atoms with Crippen LogP contribution in [0.25, 0.3) is 0 Å². The molecule has 6 heteroatoms. The van der Waals surface area contributed by atoms with E-state index < -0.39 is 11.7 Å². The minimum atomic E-state index is -4.32. The molecule has 1 N–H and O–H groups in total. The van der Waals surface area contributed by atoms with E-state index in [-0.39, 0.29) is 0 Å². The summed E-state index contributed by atoms with van der Waals surface area (Å²) in [5.74, 6) is 0.604. The summed E-state index contributed by atoms with van der Waals surface area (Å²) >= 11 is 0. The summed E-state index contributed by atoms with van der Waals surface area (Å²) in [6.07, 6.45) is -3.43.